The van der Waals surface area contributed by atoms with Crippen LogP contribution < -0.4 is 21.3 Å². The van der Waals surface area contributed by atoms with Crippen LogP contribution in [0.4, 0.5) is 16.2 Å². The lowest BCUT2D eigenvalue weighted by Gasteiger charge is -2.23. The summed E-state index contributed by atoms with van der Waals surface area (Å²) in [7, 11) is 0. The number of benzene rings is 1. The monoisotopic (exact) mass is 290 g/mol. The van der Waals surface area contributed by atoms with Crippen molar-refractivity contribution in [2.24, 2.45) is 5.92 Å². The lowest BCUT2D eigenvalue weighted by molar-refractivity contribution is 0.248. The molecule has 4 N–H and O–H groups in total. The molecule has 1 aliphatic rings. The van der Waals surface area contributed by atoms with E-state index in [1.54, 1.807) is 0 Å². The number of piperidine rings is 1. The minimum atomic E-state index is -0.133. The van der Waals surface area contributed by atoms with Crippen LogP contribution in [0.25, 0.3) is 0 Å². The SMILES string of the molecule is CC(C)Nc1ccccc1NC(=O)NCC1CCNCC1. The Morgan fingerprint density at radius 3 is 2.57 bits per heavy atom. The third-order valence-corrected chi connectivity index (χ3v) is 3.63. The summed E-state index contributed by atoms with van der Waals surface area (Å²) < 4.78 is 0. The number of urea groups is 1. The smallest absolute Gasteiger partial charge is 0.319 e. The van der Waals surface area contributed by atoms with E-state index in [0.29, 0.717) is 12.0 Å². The van der Waals surface area contributed by atoms with Gasteiger partial charge in [0, 0.05) is 12.6 Å². The summed E-state index contributed by atoms with van der Waals surface area (Å²) in [6.07, 6.45) is 2.26. The highest BCUT2D eigenvalue weighted by atomic mass is 16.2. The maximum absolute atomic E-state index is 12.0. The van der Waals surface area contributed by atoms with Gasteiger partial charge in [-0.1, -0.05) is 12.1 Å². The summed E-state index contributed by atoms with van der Waals surface area (Å²) in [4.78, 5) is 12.0. The standard InChI is InChI=1S/C16H26N4O/c1-12(2)19-14-5-3-4-6-15(14)20-16(21)18-11-13-7-9-17-10-8-13/h3-6,12-13,17,19H,7-11H2,1-2H3,(H2,18,20,21). The lowest BCUT2D eigenvalue weighted by atomic mass is 9.98. The number of hydrogen-bond acceptors (Lipinski definition) is 3. The van der Waals surface area contributed by atoms with Crippen LogP contribution in [0.1, 0.15) is 26.7 Å². The molecule has 116 valence electrons. The van der Waals surface area contributed by atoms with Crippen LogP contribution in [0, 0.1) is 5.92 Å². The number of nitrogens with one attached hydrogen (secondary N) is 4. The maximum atomic E-state index is 12.0. The molecule has 21 heavy (non-hydrogen) atoms. The average molecular weight is 290 g/mol. The largest absolute Gasteiger partial charge is 0.381 e. The van der Waals surface area contributed by atoms with E-state index in [9.17, 15) is 4.79 Å². The minimum absolute atomic E-state index is 0.133. The van der Waals surface area contributed by atoms with Gasteiger partial charge in [0.2, 0.25) is 0 Å². The van der Waals surface area contributed by atoms with Crippen molar-refractivity contribution in [2.75, 3.05) is 30.3 Å². The van der Waals surface area contributed by atoms with Gasteiger partial charge in [0.1, 0.15) is 0 Å². The first kappa shape index (κ1) is 15.6. The van der Waals surface area contributed by atoms with Gasteiger partial charge in [0.25, 0.3) is 0 Å². The molecule has 0 radical (unpaired) electrons. The van der Waals surface area contributed by atoms with Crippen LogP contribution in [0.15, 0.2) is 24.3 Å². The fourth-order valence-electron chi connectivity index (χ4n) is 2.52. The Balaban J connectivity index is 1.84. The zero-order valence-electron chi connectivity index (χ0n) is 12.9. The topological polar surface area (TPSA) is 65.2 Å². The van der Waals surface area contributed by atoms with Crippen molar-refractivity contribution in [3.05, 3.63) is 24.3 Å². The van der Waals surface area contributed by atoms with E-state index in [2.05, 4.69) is 35.1 Å². The summed E-state index contributed by atoms with van der Waals surface area (Å²) in [6, 6.07) is 7.96. The minimum Gasteiger partial charge on any atom is -0.381 e. The van der Waals surface area contributed by atoms with Crippen LogP contribution in [-0.2, 0) is 0 Å². The van der Waals surface area contributed by atoms with Crippen molar-refractivity contribution in [3.63, 3.8) is 0 Å². The Kier molecular flexibility index (Phi) is 5.87. The first-order valence-electron chi connectivity index (χ1n) is 7.76. The van der Waals surface area contributed by atoms with Gasteiger partial charge < -0.3 is 21.3 Å². The number of anilines is 2. The summed E-state index contributed by atoms with van der Waals surface area (Å²) >= 11 is 0. The number of para-hydroxylation sites is 2. The number of amides is 2. The molecule has 0 saturated carbocycles. The first-order valence-corrected chi connectivity index (χ1v) is 7.76. The van der Waals surface area contributed by atoms with Crippen molar-refractivity contribution in [1.82, 2.24) is 10.6 Å². The molecule has 0 aromatic heterocycles. The Morgan fingerprint density at radius 1 is 1.24 bits per heavy atom. The molecule has 0 spiro atoms. The van der Waals surface area contributed by atoms with Crippen molar-refractivity contribution < 1.29 is 4.79 Å². The van der Waals surface area contributed by atoms with Gasteiger partial charge in [0.05, 0.1) is 11.4 Å². The molecular formula is C16H26N4O. The van der Waals surface area contributed by atoms with Crippen molar-refractivity contribution >= 4 is 17.4 Å². The summed E-state index contributed by atoms with van der Waals surface area (Å²) in [6.45, 7) is 7.00. The molecule has 2 rings (SSSR count). The number of rotatable bonds is 5. The molecule has 5 nitrogen and oxygen atoms in total. The Morgan fingerprint density at radius 2 is 1.90 bits per heavy atom. The second-order valence-corrected chi connectivity index (χ2v) is 5.87. The third-order valence-electron chi connectivity index (χ3n) is 3.63. The number of carbonyl (C=O) groups is 1. The average Bonchev–Trinajstić information content (AvgIpc) is 2.48. The van der Waals surface area contributed by atoms with Gasteiger partial charge in [-0.05, 0) is 57.8 Å². The van der Waals surface area contributed by atoms with Gasteiger partial charge in [0.15, 0.2) is 0 Å². The molecule has 0 atom stereocenters. The number of hydrogen-bond donors (Lipinski definition) is 4. The van der Waals surface area contributed by atoms with Crippen molar-refractivity contribution in [3.8, 4) is 0 Å². The maximum Gasteiger partial charge on any atom is 0.319 e. The summed E-state index contributed by atoms with van der Waals surface area (Å²) in [5.74, 6) is 0.584. The highest BCUT2D eigenvalue weighted by molar-refractivity contribution is 5.93. The van der Waals surface area contributed by atoms with Crippen LogP contribution in [0.3, 0.4) is 0 Å². The zero-order valence-corrected chi connectivity index (χ0v) is 12.9. The molecular weight excluding hydrogens is 264 g/mol. The molecule has 1 aromatic carbocycles. The van der Waals surface area contributed by atoms with Crippen LogP contribution in [-0.4, -0.2) is 31.7 Å². The van der Waals surface area contributed by atoms with Crippen molar-refractivity contribution in [1.29, 1.82) is 0 Å². The molecule has 1 saturated heterocycles. The van der Waals surface area contributed by atoms with Gasteiger partial charge in [-0.3, -0.25) is 0 Å². The molecule has 2 amide bonds. The molecule has 0 aliphatic carbocycles. The van der Waals surface area contributed by atoms with Crippen LogP contribution >= 0.6 is 0 Å². The third kappa shape index (κ3) is 5.27. The molecule has 0 unspecified atom stereocenters. The first-order chi connectivity index (χ1) is 10.1. The molecule has 0 bridgehead atoms. The van der Waals surface area contributed by atoms with Crippen molar-refractivity contribution in [2.45, 2.75) is 32.7 Å². The Bertz CT molecular complexity index is 455. The molecule has 1 heterocycles. The highest BCUT2D eigenvalue weighted by Crippen LogP contribution is 2.21. The molecule has 5 heteroatoms. The predicted molar refractivity (Wildman–Crippen MR) is 87.8 cm³/mol. The quantitative estimate of drug-likeness (QED) is 0.674. The van der Waals surface area contributed by atoms with E-state index in [1.807, 2.05) is 24.3 Å². The molecule has 1 aromatic rings. The summed E-state index contributed by atoms with van der Waals surface area (Å²) in [5.41, 5.74) is 1.76. The van der Waals surface area contributed by atoms with Crippen LogP contribution in [0.2, 0.25) is 0 Å². The lowest BCUT2D eigenvalue weighted by Crippen LogP contribution is -2.37. The van der Waals surface area contributed by atoms with Gasteiger partial charge in [-0.25, -0.2) is 4.79 Å². The Hall–Kier alpha value is -1.75. The second-order valence-electron chi connectivity index (χ2n) is 5.87. The second kappa shape index (κ2) is 7.88. The van der Waals surface area contributed by atoms with E-state index in [4.69, 9.17) is 0 Å². The predicted octanol–water partition coefficient (Wildman–Crippen LogP) is 2.63. The summed E-state index contributed by atoms with van der Waals surface area (Å²) in [5, 5.41) is 12.6. The van der Waals surface area contributed by atoms with E-state index in [1.165, 1.54) is 0 Å². The van der Waals surface area contributed by atoms with Gasteiger partial charge in [-0.2, -0.15) is 0 Å². The van der Waals surface area contributed by atoms with E-state index < -0.39 is 0 Å². The highest BCUT2D eigenvalue weighted by Gasteiger charge is 2.14. The molecule has 1 aliphatic heterocycles. The molecule has 1 fully saturated rings. The number of carbonyl (C=O) groups excluding carboxylic acids is 1. The normalized spacial score (nSPS) is 15.8. The fraction of sp³-hybridized carbons (Fsp3) is 0.562. The van der Waals surface area contributed by atoms with E-state index >= 15 is 0 Å². The Labute approximate surface area is 126 Å². The zero-order chi connectivity index (χ0) is 15.1. The van der Waals surface area contributed by atoms with E-state index in [-0.39, 0.29) is 6.03 Å². The fourth-order valence-corrected chi connectivity index (χ4v) is 2.52. The van der Waals surface area contributed by atoms with Gasteiger partial charge in [-0.15, -0.1) is 0 Å². The van der Waals surface area contributed by atoms with Gasteiger partial charge >= 0.3 is 6.03 Å². The van der Waals surface area contributed by atoms with Crippen LogP contribution in [0.5, 0.6) is 0 Å². The van der Waals surface area contributed by atoms with E-state index in [0.717, 1.165) is 43.9 Å².